The number of carbonyl (C=O) groups is 1. The Morgan fingerprint density at radius 1 is 1.13 bits per heavy atom. The molecule has 150 valence electrons. The summed E-state index contributed by atoms with van der Waals surface area (Å²) in [6.07, 6.45) is 6.87. The lowest BCUT2D eigenvalue weighted by Gasteiger charge is -2.16. The van der Waals surface area contributed by atoms with Crippen molar-refractivity contribution in [2.45, 2.75) is 19.3 Å². The number of aromatic amines is 2. The molecule has 1 atom stereocenters. The van der Waals surface area contributed by atoms with Crippen LogP contribution < -0.4 is 0 Å². The molecule has 2 aromatic heterocycles. The van der Waals surface area contributed by atoms with E-state index >= 15 is 0 Å². The first kappa shape index (κ1) is 18.5. The molecule has 1 unspecified atom stereocenters. The summed E-state index contributed by atoms with van der Waals surface area (Å²) in [5, 5.41) is 21.1. The van der Waals surface area contributed by atoms with E-state index in [1.54, 1.807) is 0 Å². The molecular formula is C25H22N2O3. The molecular weight excluding hydrogens is 376 g/mol. The first-order valence-corrected chi connectivity index (χ1v) is 10.1. The summed E-state index contributed by atoms with van der Waals surface area (Å²) in [7, 11) is 0. The van der Waals surface area contributed by atoms with Gasteiger partial charge in [-0.1, -0.05) is 49.4 Å². The van der Waals surface area contributed by atoms with Gasteiger partial charge < -0.3 is 20.2 Å². The molecule has 0 radical (unpaired) electrons. The van der Waals surface area contributed by atoms with E-state index in [1.807, 2.05) is 49.5 Å². The van der Waals surface area contributed by atoms with E-state index in [2.05, 4.69) is 28.2 Å². The number of carboxylic acid groups (broad SMARTS) is 1. The number of allylic oxidation sites excluding steroid dienone is 1. The van der Waals surface area contributed by atoms with Gasteiger partial charge in [0.25, 0.3) is 0 Å². The Labute approximate surface area is 173 Å². The molecule has 0 aliphatic heterocycles. The molecule has 5 heteroatoms. The third-order valence-electron chi connectivity index (χ3n) is 5.97. The number of fused-ring (bicyclic) bond motifs is 2. The van der Waals surface area contributed by atoms with Gasteiger partial charge in [-0.3, -0.25) is 0 Å². The number of rotatable bonds is 5. The number of aromatic nitrogens is 2. The average Bonchev–Trinajstić information content (AvgIpc) is 3.49. The van der Waals surface area contributed by atoms with Crippen LogP contribution in [0.5, 0.6) is 0 Å². The highest BCUT2D eigenvalue weighted by atomic mass is 16.4. The van der Waals surface area contributed by atoms with Crippen LogP contribution in [-0.2, 0) is 6.42 Å². The van der Waals surface area contributed by atoms with Gasteiger partial charge in [0.1, 0.15) is 5.69 Å². The maximum atomic E-state index is 12.3. The summed E-state index contributed by atoms with van der Waals surface area (Å²) >= 11 is 0. The van der Waals surface area contributed by atoms with Crippen LogP contribution in [0.4, 0.5) is 0 Å². The second-order valence-electron chi connectivity index (χ2n) is 7.78. The standard InChI is InChI=1S/C25H22N2O3/c1-14(13-28)21-22(18-8-3-6-15-5-2-7-16(15)18)24(25(29)30)27-23(21)19-9-4-10-20-17(19)11-12-26-20/h2-4,6-12,14,26-28H,5,13H2,1H3,(H,29,30). The van der Waals surface area contributed by atoms with Gasteiger partial charge in [0, 0.05) is 40.8 Å². The zero-order valence-corrected chi connectivity index (χ0v) is 16.6. The summed E-state index contributed by atoms with van der Waals surface area (Å²) in [6.45, 7) is 1.85. The molecule has 2 heterocycles. The molecule has 30 heavy (non-hydrogen) atoms. The maximum absolute atomic E-state index is 12.3. The molecule has 5 nitrogen and oxygen atoms in total. The van der Waals surface area contributed by atoms with Crippen LogP contribution in [0.3, 0.4) is 0 Å². The number of hydrogen-bond acceptors (Lipinski definition) is 2. The molecule has 1 aliphatic rings. The van der Waals surface area contributed by atoms with Gasteiger partial charge in [0.15, 0.2) is 0 Å². The predicted octanol–water partition coefficient (Wildman–Crippen LogP) is 5.19. The highest BCUT2D eigenvalue weighted by Gasteiger charge is 2.29. The van der Waals surface area contributed by atoms with E-state index in [0.717, 1.165) is 45.3 Å². The van der Waals surface area contributed by atoms with Crippen LogP contribution in [0.2, 0.25) is 0 Å². The fraction of sp³-hybridized carbons (Fsp3) is 0.160. The minimum absolute atomic E-state index is 0.0785. The van der Waals surface area contributed by atoms with Crippen LogP contribution in [0.1, 0.15) is 40.0 Å². The van der Waals surface area contributed by atoms with Crippen LogP contribution in [-0.4, -0.2) is 32.8 Å². The van der Waals surface area contributed by atoms with Crippen molar-refractivity contribution in [1.29, 1.82) is 0 Å². The number of aromatic carboxylic acids is 1. The molecule has 0 fully saturated rings. The number of aliphatic hydroxyl groups excluding tert-OH is 1. The number of hydrogen-bond donors (Lipinski definition) is 4. The van der Waals surface area contributed by atoms with Gasteiger partial charge >= 0.3 is 5.97 Å². The summed E-state index contributed by atoms with van der Waals surface area (Å²) < 4.78 is 0. The van der Waals surface area contributed by atoms with E-state index < -0.39 is 5.97 Å². The fourth-order valence-electron chi connectivity index (χ4n) is 4.56. The Morgan fingerprint density at radius 3 is 2.73 bits per heavy atom. The van der Waals surface area contributed by atoms with Crippen molar-refractivity contribution in [2.75, 3.05) is 6.61 Å². The molecule has 1 aliphatic carbocycles. The molecule has 0 amide bonds. The van der Waals surface area contributed by atoms with Gasteiger partial charge in [-0.2, -0.15) is 0 Å². The lowest BCUT2D eigenvalue weighted by molar-refractivity contribution is 0.0692. The van der Waals surface area contributed by atoms with E-state index in [1.165, 1.54) is 5.56 Å². The quantitative estimate of drug-likeness (QED) is 0.373. The lowest BCUT2D eigenvalue weighted by atomic mass is 9.87. The molecule has 4 N–H and O–H groups in total. The zero-order valence-electron chi connectivity index (χ0n) is 16.6. The van der Waals surface area contributed by atoms with E-state index in [9.17, 15) is 15.0 Å². The van der Waals surface area contributed by atoms with Crippen molar-refractivity contribution in [3.05, 3.63) is 77.1 Å². The molecule has 0 saturated carbocycles. The fourth-order valence-corrected chi connectivity index (χ4v) is 4.56. The molecule has 0 bridgehead atoms. The summed E-state index contributed by atoms with van der Waals surface area (Å²) in [5.41, 5.74) is 7.41. The summed E-state index contributed by atoms with van der Waals surface area (Å²) in [5.74, 6) is -1.25. The van der Waals surface area contributed by atoms with Crippen molar-refractivity contribution in [1.82, 2.24) is 9.97 Å². The van der Waals surface area contributed by atoms with Crippen molar-refractivity contribution >= 4 is 22.9 Å². The third-order valence-corrected chi connectivity index (χ3v) is 5.97. The van der Waals surface area contributed by atoms with E-state index in [0.29, 0.717) is 5.56 Å². The smallest absolute Gasteiger partial charge is 0.352 e. The maximum Gasteiger partial charge on any atom is 0.352 e. The Morgan fingerprint density at radius 2 is 1.93 bits per heavy atom. The Balaban J connectivity index is 1.88. The second-order valence-corrected chi connectivity index (χ2v) is 7.78. The van der Waals surface area contributed by atoms with Crippen molar-refractivity contribution in [3.8, 4) is 22.4 Å². The first-order chi connectivity index (χ1) is 14.6. The summed E-state index contributed by atoms with van der Waals surface area (Å²) in [6, 6.07) is 13.9. The second kappa shape index (κ2) is 7.04. The minimum atomic E-state index is -1.01. The SMILES string of the molecule is CC(CO)c1c(-c2cccc3[nH]ccc23)[nH]c(C(=O)O)c1-c1cccc2c1C=CC2. The Hall–Kier alpha value is -3.57. The van der Waals surface area contributed by atoms with Crippen LogP contribution in [0, 0.1) is 0 Å². The predicted molar refractivity (Wildman–Crippen MR) is 119 cm³/mol. The van der Waals surface area contributed by atoms with Crippen LogP contribution in [0.15, 0.2) is 54.7 Å². The first-order valence-electron chi connectivity index (χ1n) is 10.1. The molecule has 0 saturated heterocycles. The van der Waals surface area contributed by atoms with E-state index in [4.69, 9.17) is 0 Å². The number of H-pyrrole nitrogens is 2. The third kappa shape index (κ3) is 2.70. The number of nitrogens with one attached hydrogen (secondary N) is 2. The number of benzene rings is 2. The number of aliphatic hydroxyl groups is 1. The largest absolute Gasteiger partial charge is 0.477 e. The van der Waals surface area contributed by atoms with Gasteiger partial charge in [-0.15, -0.1) is 0 Å². The Kier molecular flexibility index (Phi) is 4.33. The van der Waals surface area contributed by atoms with Gasteiger partial charge in [-0.05, 0) is 40.8 Å². The average molecular weight is 398 g/mol. The van der Waals surface area contributed by atoms with E-state index in [-0.39, 0.29) is 18.2 Å². The van der Waals surface area contributed by atoms with Crippen LogP contribution in [0.25, 0.3) is 39.4 Å². The molecule has 4 aromatic rings. The van der Waals surface area contributed by atoms with Gasteiger partial charge in [-0.25, -0.2) is 4.79 Å². The molecule has 2 aromatic carbocycles. The minimum Gasteiger partial charge on any atom is -0.477 e. The molecule has 5 rings (SSSR count). The normalized spacial score (nSPS) is 13.7. The highest BCUT2D eigenvalue weighted by molar-refractivity contribution is 6.03. The van der Waals surface area contributed by atoms with Gasteiger partial charge in [0.05, 0.1) is 5.69 Å². The topological polar surface area (TPSA) is 89.1 Å². The van der Waals surface area contributed by atoms with Crippen LogP contribution >= 0.6 is 0 Å². The monoisotopic (exact) mass is 398 g/mol. The van der Waals surface area contributed by atoms with Crippen molar-refractivity contribution in [3.63, 3.8) is 0 Å². The Bertz CT molecular complexity index is 1310. The van der Waals surface area contributed by atoms with Gasteiger partial charge in [0.2, 0.25) is 0 Å². The lowest BCUT2D eigenvalue weighted by Crippen LogP contribution is -2.04. The number of carboxylic acids is 1. The molecule has 0 spiro atoms. The zero-order chi connectivity index (χ0) is 20.8. The van der Waals surface area contributed by atoms with Crippen molar-refractivity contribution < 1.29 is 15.0 Å². The van der Waals surface area contributed by atoms with Crippen molar-refractivity contribution in [2.24, 2.45) is 0 Å². The summed E-state index contributed by atoms with van der Waals surface area (Å²) in [4.78, 5) is 18.7. The highest BCUT2D eigenvalue weighted by Crippen LogP contribution is 2.44.